The van der Waals surface area contributed by atoms with E-state index in [4.69, 9.17) is 0 Å². The van der Waals surface area contributed by atoms with Crippen LogP contribution in [-0.2, 0) is 11.2 Å². The molecule has 1 aliphatic heterocycles. The van der Waals surface area contributed by atoms with Gasteiger partial charge in [0, 0.05) is 16.9 Å². The number of para-hydroxylation sites is 1. The normalized spacial score (nSPS) is 16.9. The molecule has 0 radical (unpaired) electrons. The van der Waals surface area contributed by atoms with Gasteiger partial charge < -0.3 is 10.6 Å². The van der Waals surface area contributed by atoms with Gasteiger partial charge in [-0.1, -0.05) is 37.3 Å². The molecule has 96 valence electrons. The number of carbonyl (C=O) groups is 1. The molecule has 3 rings (SSSR count). The Hall–Kier alpha value is -2.29. The van der Waals surface area contributed by atoms with Crippen LogP contribution in [0.25, 0.3) is 0 Å². The first kappa shape index (κ1) is 11.8. The van der Waals surface area contributed by atoms with Crippen molar-refractivity contribution in [3.8, 4) is 0 Å². The average Bonchev–Trinajstić information content (AvgIpc) is 2.76. The topological polar surface area (TPSA) is 41.1 Å². The summed E-state index contributed by atoms with van der Waals surface area (Å²) >= 11 is 0. The smallest absolute Gasteiger partial charge is 0.251 e. The number of hydrogen-bond acceptors (Lipinski definition) is 2. The molecule has 2 aromatic rings. The summed E-state index contributed by atoms with van der Waals surface area (Å²) in [5.74, 6) is 0.00287. The largest absolute Gasteiger partial charge is 0.370 e. The van der Waals surface area contributed by atoms with Crippen molar-refractivity contribution in [1.82, 2.24) is 0 Å². The van der Waals surface area contributed by atoms with E-state index in [2.05, 4.69) is 29.7 Å². The number of anilines is 2. The second-order valence-electron chi connectivity index (χ2n) is 4.71. The van der Waals surface area contributed by atoms with Crippen molar-refractivity contribution in [3.05, 3.63) is 59.7 Å². The molecule has 0 fully saturated rings. The average molecular weight is 252 g/mol. The van der Waals surface area contributed by atoms with Gasteiger partial charge in [0.2, 0.25) is 0 Å². The molecule has 1 aliphatic rings. The van der Waals surface area contributed by atoms with Gasteiger partial charge in [0.1, 0.15) is 6.04 Å². The Balaban J connectivity index is 1.89. The Bertz CT molecular complexity index is 622. The molecule has 0 aromatic heterocycles. The SMILES string of the molecule is CCc1cccc(NC2C(=O)Nc3ccccc32)c1. The molecule has 0 spiro atoms. The minimum Gasteiger partial charge on any atom is -0.370 e. The maximum absolute atomic E-state index is 12.0. The van der Waals surface area contributed by atoms with Crippen LogP contribution in [0, 0.1) is 0 Å². The molecule has 1 atom stereocenters. The van der Waals surface area contributed by atoms with Gasteiger partial charge in [0.05, 0.1) is 0 Å². The Kier molecular flexibility index (Phi) is 2.95. The summed E-state index contributed by atoms with van der Waals surface area (Å²) in [4.78, 5) is 12.0. The van der Waals surface area contributed by atoms with Gasteiger partial charge in [-0.25, -0.2) is 0 Å². The number of rotatable bonds is 3. The van der Waals surface area contributed by atoms with Gasteiger partial charge >= 0.3 is 0 Å². The van der Waals surface area contributed by atoms with Crippen molar-refractivity contribution < 1.29 is 4.79 Å². The number of benzene rings is 2. The first-order valence-electron chi connectivity index (χ1n) is 6.53. The third-order valence-corrected chi connectivity index (χ3v) is 3.44. The van der Waals surface area contributed by atoms with E-state index in [1.54, 1.807) is 0 Å². The molecule has 0 saturated heterocycles. The summed E-state index contributed by atoms with van der Waals surface area (Å²) in [6.45, 7) is 2.12. The van der Waals surface area contributed by atoms with E-state index < -0.39 is 0 Å². The van der Waals surface area contributed by atoms with Crippen molar-refractivity contribution in [2.75, 3.05) is 10.6 Å². The molecule has 19 heavy (non-hydrogen) atoms. The van der Waals surface area contributed by atoms with Gasteiger partial charge in [-0.2, -0.15) is 0 Å². The zero-order chi connectivity index (χ0) is 13.2. The first-order chi connectivity index (χ1) is 9.28. The fraction of sp³-hybridized carbons (Fsp3) is 0.188. The van der Waals surface area contributed by atoms with E-state index >= 15 is 0 Å². The predicted octanol–water partition coefficient (Wildman–Crippen LogP) is 3.35. The molecule has 3 nitrogen and oxygen atoms in total. The Morgan fingerprint density at radius 2 is 2.00 bits per heavy atom. The Labute approximate surface area is 112 Å². The minimum absolute atomic E-state index is 0.00287. The number of fused-ring (bicyclic) bond motifs is 1. The molecule has 0 bridgehead atoms. The summed E-state index contributed by atoms with van der Waals surface area (Å²) in [6, 6.07) is 15.7. The number of hydrogen-bond donors (Lipinski definition) is 2. The van der Waals surface area contributed by atoms with Crippen LogP contribution < -0.4 is 10.6 Å². The highest BCUT2D eigenvalue weighted by molar-refractivity contribution is 6.04. The van der Waals surface area contributed by atoms with E-state index in [0.29, 0.717) is 0 Å². The number of carbonyl (C=O) groups excluding carboxylic acids is 1. The molecular formula is C16H16N2O. The summed E-state index contributed by atoms with van der Waals surface area (Å²) in [6.07, 6.45) is 0.989. The number of aryl methyl sites for hydroxylation is 1. The van der Waals surface area contributed by atoms with Gasteiger partial charge in [0.15, 0.2) is 0 Å². The molecule has 1 heterocycles. The second-order valence-corrected chi connectivity index (χ2v) is 4.71. The molecule has 0 saturated carbocycles. The van der Waals surface area contributed by atoms with Gasteiger partial charge in [-0.3, -0.25) is 4.79 Å². The van der Waals surface area contributed by atoms with Crippen LogP contribution >= 0.6 is 0 Å². The van der Waals surface area contributed by atoms with Crippen molar-refractivity contribution in [1.29, 1.82) is 0 Å². The fourth-order valence-corrected chi connectivity index (χ4v) is 2.40. The highest BCUT2D eigenvalue weighted by atomic mass is 16.2. The van der Waals surface area contributed by atoms with E-state index in [-0.39, 0.29) is 11.9 Å². The Morgan fingerprint density at radius 3 is 2.84 bits per heavy atom. The molecule has 1 amide bonds. The third kappa shape index (κ3) is 2.19. The van der Waals surface area contributed by atoms with Gasteiger partial charge in [-0.05, 0) is 30.2 Å². The van der Waals surface area contributed by atoms with Crippen LogP contribution in [0.3, 0.4) is 0 Å². The van der Waals surface area contributed by atoms with Crippen LogP contribution in [-0.4, -0.2) is 5.91 Å². The van der Waals surface area contributed by atoms with Crippen molar-refractivity contribution in [3.63, 3.8) is 0 Å². The lowest BCUT2D eigenvalue weighted by Crippen LogP contribution is -2.19. The third-order valence-electron chi connectivity index (χ3n) is 3.44. The van der Waals surface area contributed by atoms with Crippen LogP contribution in [0.15, 0.2) is 48.5 Å². The van der Waals surface area contributed by atoms with Gasteiger partial charge in [-0.15, -0.1) is 0 Å². The summed E-state index contributed by atoms with van der Waals surface area (Å²) < 4.78 is 0. The maximum atomic E-state index is 12.0. The van der Waals surface area contributed by atoms with Crippen molar-refractivity contribution in [2.24, 2.45) is 0 Å². The lowest BCUT2D eigenvalue weighted by atomic mass is 10.1. The summed E-state index contributed by atoms with van der Waals surface area (Å²) in [7, 11) is 0. The van der Waals surface area contributed by atoms with E-state index in [9.17, 15) is 4.79 Å². The highest BCUT2D eigenvalue weighted by Gasteiger charge is 2.29. The molecule has 2 N–H and O–H groups in total. The quantitative estimate of drug-likeness (QED) is 0.879. The van der Waals surface area contributed by atoms with Crippen LogP contribution in [0.1, 0.15) is 24.1 Å². The van der Waals surface area contributed by atoms with Crippen LogP contribution in [0.5, 0.6) is 0 Å². The predicted molar refractivity (Wildman–Crippen MR) is 77.3 cm³/mol. The van der Waals surface area contributed by atoms with Gasteiger partial charge in [0.25, 0.3) is 5.91 Å². The van der Waals surface area contributed by atoms with E-state index in [0.717, 1.165) is 23.4 Å². The maximum Gasteiger partial charge on any atom is 0.251 e. The van der Waals surface area contributed by atoms with Crippen molar-refractivity contribution >= 4 is 17.3 Å². The van der Waals surface area contributed by atoms with Crippen LogP contribution in [0.2, 0.25) is 0 Å². The molecule has 0 aliphatic carbocycles. The lowest BCUT2D eigenvalue weighted by molar-refractivity contribution is -0.116. The van der Waals surface area contributed by atoms with E-state index in [1.165, 1.54) is 5.56 Å². The zero-order valence-electron chi connectivity index (χ0n) is 10.8. The monoisotopic (exact) mass is 252 g/mol. The molecule has 3 heteroatoms. The molecule has 2 aromatic carbocycles. The number of nitrogens with one attached hydrogen (secondary N) is 2. The fourth-order valence-electron chi connectivity index (χ4n) is 2.40. The Morgan fingerprint density at radius 1 is 1.16 bits per heavy atom. The van der Waals surface area contributed by atoms with Crippen LogP contribution in [0.4, 0.5) is 11.4 Å². The minimum atomic E-state index is -0.302. The second kappa shape index (κ2) is 4.76. The zero-order valence-corrected chi connectivity index (χ0v) is 10.8. The number of amides is 1. The summed E-state index contributed by atoms with van der Waals surface area (Å²) in [5.41, 5.74) is 4.15. The molecular weight excluding hydrogens is 236 g/mol. The van der Waals surface area contributed by atoms with Crippen molar-refractivity contribution in [2.45, 2.75) is 19.4 Å². The lowest BCUT2D eigenvalue weighted by Gasteiger charge is -2.13. The first-order valence-corrected chi connectivity index (χ1v) is 6.53. The standard InChI is InChI=1S/C16H16N2O/c1-2-11-6-5-7-12(10-11)17-15-13-8-3-4-9-14(13)18-16(15)19/h3-10,15,17H,2H2,1H3,(H,18,19). The highest BCUT2D eigenvalue weighted by Crippen LogP contribution is 2.32. The van der Waals surface area contributed by atoms with E-state index in [1.807, 2.05) is 36.4 Å². The summed E-state index contributed by atoms with van der Waals surface area (Å²) in [5, 5.41) is 6.20. The molecule has 1 unspecified atom stereocenters.